The highest BCUT2D eigenvalue weighted by Crippen LogP contribution is 2.41. The second-order valence-corrected chi connectivity index (χ2v) is 5.73. The minimum Gasteiger partial charge on any atom is -0.460 e. The molecule has 1 aromatic heterocycles. The van der Waals surface area contributed by atoms with E-state index in [1.54, 1.807) is 0 Å². The number of hydrogen-bond acceptors (Lipinski definition) is 5. The summed E-state index contributed by atoms with van der Waals surface area (Å²) >= 11 is 0. The molecule has 0 aliphatic heterocycles. The van der Waals surface area contributed by atoms with Crippen molar-refractivity contribution in [1.29, 1.82) is 0 Å². The number of carbonyl (C=O) groups excluding carboxylic acids is 1. The molecular formula is C11H12F4O6S. The van der Waals surface area contributed by atoms with Crippen LogP contribution in [0.15, 0.2) is 22.8 Å². The van der Waals surface area contributed by atoms with Crippen LogP contribution in [-0.4, -0.2) is 36.7 Å². The van der Waals surface area contributed by atoms with Gasteiger partial charge >= 0.3 is 27.3 Å². The molecule has 22 heavy (non-hydrogen) atoms. The molecule has 0 radical (unpaired) electrons. The molecule has 126 valence electrons. The fraction of sp³-hybridized carbons (Fsp3) is 0.545. The van der Waals surface area contributed by atoms with Gasteiger partial charge in [0, 0.05) is 6.42 Å². The van der Waals surface area contributed by atoms with E-state index in [2.05, 4.69) is 4.74 Å². The predicted octanol–water partition coefficient (Wildman–Crippen LogP) is 2.72. The van der Waals surface area contributed by atoms with Gasteiger partial charge in [-0.2, -0.15) is 26.0 Å². The summed E-state index contributed by atoms with van der Waals surface area (Å²) < 4.78 is 89.8. The van der Waals surface area contributed by atoms with Gasteiger partial charge in [-0.25, -0.2) is 4.79 Å². The smallest absolute Gasteiger partial charge is 0.431 e. The number of halogens is 4. The van der Waals surface area contributed by atoms with Gasteiger partial charge in [-0.3, -0.25) is 4.55 Å². The molecule has 1 rings (SSSR count). The number of ether oxygens (including phenoxy) is 1. The Kier molecular flexibility index (Phi) is 5.57. The number of esters is 1. The van der Waals surface area contributed by atoms with E-state index >= 15 is 0 Å². The Morgan fingerprint density at radius 1 is 1.27 bits per heavy atom. The summed E-state index contributed by atoms with van der Waals surface area (Å²) in [5.74, 6) is -5.89. The fourth-order valence-corrected chi connectivity index (χ4v) is 1.89. The number of hydrogen-bond donors (Lipinski definition) is 1. The first-order valence-electron chi connectivity index (χ1n) is 5.92. The summed E-state index contributed by atoms with van der Waals surface area (Å²) in [5.41, 5.74) is 0. The quantitative estimate of drug-likeness (QED) is 0.336. The summed E-state index contributed by atoms with van der Waals surface area (Å²) in [5, 5.41) is -5.58. The second-order valence-electron chi connectivity index (χ2n) is 4.27. The Morgan fingerprint density at radius 2 is 1.91 bits per heavy atom. The standard InChI is InChI=1S/C11H12F4O6S/c12-10(13,11(14,15)22(17,18)19)5-1-2-6-21-9(16)8-4-3-7-20-8/h3-4,7H,1-2,5-6H2,(H,17,18,19). The van der Waals surface area contributed by atoms with Crippen LogP contribution in [-0.2, 0) is 14.9 Å². The Labute approximate surface area is 122 Å². The summed E-state index contributed by atoms with van der Waals surface area (Å²) in [6, 6.07) is 2.73. The van der Waals surface area contributed by atoms with Crippen molar-refractivity contribution in [3.8, 4) is 0 Å². The van der Waals surface area contributed by atoms with E-state index in [9.17, 15) is 30.8 Å². The van der Waals surface area contributed by atoms with Gasteiger partial charge < -0.3 is 9.15 Å². The van der Waals surface area contributed by atoms with E-state index in [4.69, 9.17) is 8.97 Å². The predicted molar refractivity (Wildman–Crippen MR) is 64.3 cm³/mol. The minimum absolute atomic E-state index is 0.108. The van der Waals surface area contributed by atoms with Gasteiger partial charge in [0.2, 0.25) is 5.76 Å². The molecule has 0 saturated carbocycles. The lowest BCUT2D eigenvalue weighted by Crippen LogP contribution is -2.46. The van der Waals surface area contributed by atoms with Crippen molar-refractivity contribution in [1.82, 2.24) is 0 Å². The van der Waals surface area contributed by atoms with Crippen LogP contribution in [0.4, 0.5) is 17.6 Å². The Balaban J connectivity index is 2.39. The third kappa shape index (κ3) is 4.19. The van der Waals surface area contributed by atoms with Gasteiger partial charge in [-0.1, -0.05) is 0 Å². The largest absolute Gasteiger partial charge is 0.460 e. The van der Waals surface area contributed by atoms with Gasteiger partial charge in [-0.05, 0) is 25.0 Å². The molecule has 6 nitrogen and oxygen atoms in total. The molecule has 0 aliphatic rings. The van der Waals surface area contributed by atoms with Crippen molar-refractivity contribution >= 4 is 16.1 Å². The highest BCUT2D eigenvalue weighted by Gasteiger charge is 2.64. The maximum absolute atomic E-state index is 13.1. The van der Waals surface area contributed by atoms with Crippen molar-refractivity contribution in [2.24, 2.45) is 0 Å². The van der Waals surface area contributed by atoms with Crippen LogP contribution in [0.25, 0.3) is 0 Å². The normalized spacial score (nSPS) is 13.1. The first kappa shape index (κ1) is 18.4. The van der Waals surface area contributed by atoms with E-state index < -0.39 is 40.1 Å². The minimum atomic E-state index is -6.23. The van der Waals surface area contributed by atoms with Gasteiger partial charge in [0.1, 0.15) is 0 Å². The topological polar surface area (TPSA) is 93.8 Å². The summed E-state index contributed by atoms with van der Waals surface area (Å²) in [4.78, 5) is 11.3. The molecule has 1 N–H and O–H groups in total. The third-order valence-electron chi connectivity index (χ3n) is 2.59. The van der Waals surface area contributed by atoms with Crippen molar-refractivity contribution in [3.63, 3.8) is 0 Å². The van der Waals surface area contributed by atoms with Crippen LogP contribution in [0.5, 0.6) is 0 Å². The average molecular weight is 348 g/mol. The molecule has 0 unspecified atom stereocenters. The van der Waals surface area contributed by atoms with Crippen LogP contribution >= 0.6 is 0 Å². The van der Waals surface area contributed by atoms with Gasteiger partial charge in [0.05, 0.1) is 12.9 Å². The highest BCUT2D eigenvalue weighted by atomic mass is 32.2. The van der Waals surface area contributed by atoms with Gasteiger partial charge in [0.25, 0.3) is 0 Å². The van der Waals surface area contributed by atoms with Gasteiger partial charge in [-0.15, -0.1) is 0 Å². The molecule has 0 amide bonds. The fourth-order valence-electron chi connectivity index (χ4n) is 1.41. The summed E-state index contributed by atoms with van der Waals surface area (Å²) in [6.45, 7) is -0.340. The maximum Gasteiger partial charge on any atom is 0.431 e. The Hall–Kier alpha value is -1.62. The lowest BCUT2D eigenvalue weighted by molar-refractivity contribution is -0.164. The lowest BCUT2D eigenvalue weighted by atomic mass is 10.1. The molecule has 0 bridgehead atoms. The van der Waals surface area contributed by atoms with Gasteiger partial charge in [0.15, 0.2) is 0 Å². The van der Waals surface area contributed by atoms with E-state index in [1.165, 1.54) is 18.4 Å². The maximum atomic E-state index is 13.1. The molecule has 0 atom stereocenters. The number of carbonyl (C=O) groups is 1. The van der Waals surface area contributed by atoms with E-state index in [-0.39, 0.29) is 18.8 Å². The first-order chi connectivity index (χ1) is 9.99. The van der Waals surface area contributed by atoms with Crippen molar-refractivity contribution < 1.29 is 44.5 Å². The number of unbranched alkanes of at least 4 members (excludes halogenated alkanes) is 1. The zero-order valence-corrected chi connectivity index (χ0v) is 11.8. The number of furan rings is 1. The van der Waals surface area contributed by atoms with Crippen LogP contribution in [0, 0.1) is 0 Å². The van der Waals surface area contributed by atoms with Crippen molar-refractivity contribution in [2.45, 2.75) is 30.4 Å². The molecule has 0 spiro atoms. The average Bonchev–Trinajstić information content (AvgIpc) is 2.90. The molecule has 1 aromatic rings. The molecule has 1 heterocycles. The number of rotatable bonds is 8. The zero-order chi connectivity index (χ0) is 17.0. The summed E-state index contributed by atoms with van der Waals surface area (Å²) in [7, 11) is -6.23. The molecule has 0 aliphatic carbocycles. The van der Waals surface area contributed by atoms with E-state index in [1.807, 2.05) is 0 Å². The molecule has 0 saturated heterocycles. The van der Waals surface area contributed by atoms with Crippen LogP contribution < -0.4 is 0 Å². The number of alkyl halides is 4. The Bertz CT molecular complexity index is 596. The molecule has 0 aromatic carbocycles. The van der Waals surface area contributed by atoms with Crippen LogP contribution in [0.2, 0.25) is 0 Å². The monoisotopic (exact) mass is 348 g/mol. The Morgan fingerprint density at radius 3 is 2.41 bits per heavy atom. The van der Waals surface area contributed by atoms with Crippen LogP contribution in [0.1, 0.15) is 29.8 Å². The second kappa shape index (κ2) is 6.65. The van der Waals surface area contributed by atoms with Crippen LogP contribution in [0.3, 0.4) is 0 Å². The third-order valence-corrected chi connectivity index (χ3v) is 3.54. The lowest BCUT2D eigenvalue weighted by Gasteiger charge is -2.23. The van der Waals surface area contributed by atoms with E-state index in [0.29, 0.717) is 0 Å². The first-order valence-corrected chi connectivity index (χ1v) is 7.36. The van der Waals surface area contributed by atoms with Crippen molar-refractivity contribution in [3.05, 3.63) is 24.2 Å². The molecule has 0 fully saturated rings. The zero-order valence-electron chi connectivity index (χ0n) is 11.0. The highest BCUT2D eigenvalue weighted by molar-refractivity contribution is 7.87. The molecule has 11 heteroatoms. The SMILES string of the molecule is O=C(OCCCCC(F)(F)C(F)(F)S(=O)(=O)O)c1ccco1. The summed E-state index contributed by atoms with van der Waals surface area (Å²) in [6.07, 6.45) is -1.04. The van der Waals surface area contributed by atoms with E-state index in [0.717, 1.165) is 0 Å². The molecular weight excluding hydrogens is 336 g/mol. The van der Waals surface area contributed by atoms with Crippen molar-refractivity contribution in [2.75, 3.05) is 6.61 Å².